The normalized spacial score (nSPS) is 35.2. The largest absolute Gasteiger partial charge is 0.501 e. The molecule has 0 radical (unpaired) electrons. The molecular weight excluding hydrogens is 436 g/mol. The number of hydrogen-bond acceptors (Lipinski definition) is 4. The fraction of sp³-hybridized carbons (Fsp3) is 0.742. The molecule has 2 rings (SSSR count). The fourth-order valence-electron chi connectivity index (χ4n) is 6.57. The highest BCUT2D eigenvalue weighted by atomic mass is 16.5. The van der Waals surface area contributed by atoms with Gasteiger partial charge < -0.3 is 20.1 Å². The summed E-state index contributed by atoms with van der Waals surface area (Å²) in [5.41, 5.74) is 2.43. The van der Waals surface area contributed by atoms with Gasteiger partial charge in [-0.1, -0.05) is 56.2 Å². The molecule has 200 valence electrons. The van der Waals surface area contributed by atoms with E-state index >= 15 is 0 Å². The highest BCUT2D eigenvalue weighted by molar-refractivity contribution is 5.26. The molecule has 2 aliphatic carbocycles. The summed E-state index contributed by atoms with van der Waals surface area (Å²) in [5, 5.41) is 31.8. The summed E-state index contributed by atoms with van der Waals surface area (Å²) in [6.07, 6.45) is 14.6. The summed E-state index contributed by atoms with van der Waals surface area (Å²) in [5.74, 6) is 1.94. The number of aliphatic hydroxyl groups is 3. The van der Waals surface area contributed by atoms with Crippen LogP contribution in [0.4, 0.5) is 0 Å². The lowest BCUT2D eigenvalue weighted by Gasteiger charge is -2.54. The first-order chi connectivity index (χ1) is 16.4. The van der Waals surface area contributed by atoms with Gasteiger partial charge in [0, 0.05) is 17.9 Å². The Bertz CT molecular complexity index is 829. The summed E-state index contributed by atoms with van der Waals surface area (Å²) < 4.78 is 5.60. The van der Waals surface area contributed by atoms with E-state index in [2.05, 4.69) is 58.9 Å². The Morgan fingerprint density at radius 3 is 2.49 bits per heavy atom. The molecule has 0 aromatic carbocycles. The average Bonchev–Trinajstić information content (AvgIpc) is 2.80. The van der Waals surface area contributed by atoms with E-state index in [-0.39, 0.29) is 24.5 Å². The number of ether oxygens (including phenoxy) is 1. The lowest BCUT2D eigenvalue weighted by molar-refractivity contribution is -0.147. The summed E-state index contributed by atoms with van der Waals surface area (Å²) in [6, 6.07) is 0. The SMILES string of the molecule is COC(C)=C1CC[C@](C)(O)[C@@](CO)(CCC=C(C)C=C[C@@H]2C(C)=CC[C@H](C)C2(C)C)[C@@H]1CCCO. The molecule has 0 unspecified atom stereocenters. The number of rotatable bonds is 10. The second-order valence-electron chi connectivity index (χ2n) is 12.0. The van der Waals surface area contributed by atoms with Crippen LogP contribution in [0.1, 0.15) is 93.4 Å². The highest BCUT2D eigenvalue weighted by Crippen LogP contribution is 2.55. The maximum absolute atomic E-state index is 11.6. The Kier molecular flexibility index (Phi) is 10.5. The third kappa shape index (κ3) is 6.32. The number of hydrogen-bond donors (Lipinski definition) is 3. The first-order valence-electron chi connectivity index (χ1n) is 13.6. The van der Waals surface area contributed by atoms with Gasteiger partial charge in [-0.3, -0.25) is 0 Å². The topological polar surface area (TPSA) is 69.9 Å². The monoisotopic (exact) mass is 488 g/mol. The van der Waals surface area contributed by atoms with E-state index in [0.717, 1.165) is 31.4 Å². The molecule has 0 aromatic heterocycles. The van der Waals surface area contributed by atoms with Gasteiger partial charge in [0.1, 0.15) is 0 Å². The number of aliphatic hydroxyl groups excluding tert-OH is 2. The Morgan fingerprint density at radius 2 is 1.89 bits per heavy atom. The molecule has 0 bridgehead atoms. The minimum absolute atomic E-state index is 0.0232. The lowest BCUT2D eigenvalue weighted by Crippen LogP contribution is -2.56. The lowest BCUT2D eigenvalue weighted by atomic mass is 9.53. The second kappa shape index (κ2) is 12.3. The molecule has 0 amide bonds. The predicted octanol–water partition coefficient (Wildman–Crippen LogP) is 6.73. The van der Waals surface area contributed by atoms with Crippen molar-refractivity contribution in [1.29, 1.82) is 0 Å². The summed E-state index contributed by atoms with van der Waals surface area (Å²) >= 11 is 0. The van der Waals surface area contributed by atoms with Crippen molar-refractivity contribution in [2.45, 2.75) is 99.0 Å². The Balaban J connectivity index is 2.28. The van der Waals surface area contributed by atoms with Crippen LogP contribution in [0.25, 0.3) is 0 Å². The van der Waals surface area contributed by atoms with Crippen LogP contribution in [0.15, 0.2) is 46.8 Å². The zero-order chi connectivity index (χ0) is 26.4. The Morgan fingerprint density at radius 1 is 1.20 bits per heavy atom. The van der Waals surface area contributed by atoms with E-state index in [1.807, 2.05) is 13.8 Å². The van der Waals surface area contributed by atoms with Gasteiger partial charge in [-0.15, -0.1) is 0 Å². The molecule has 2 aliphatic rings. The second-order valence-corrected chi connectivity index (χ2v) is 12.0. The van der Waals surface area contributed by atoms with E-state index in [1.165, 1.54) is 16.7 Å². The van der Waals surface area contributed by atoms with Crippen LogP contribution in [0.3, 0.4) is 0 Å². The van der Waals surface area contributed by atoms with Crippen LogP contribution in [-0.4, -0.2) is 41.2 Å². The minimum atomic E-state index is -0.985. The van der Waals surface area contributed by atoms with E-state index < -0.39 is 11.0 Å². The molecular formula is C31H52O4. The molecule has 3 N–H and O–H groups in total. The predicted molar refractivity (Wildman–Crippen MR) is 146 cm³/mol. The molecule has 0 aromatic rings. The fourth-order valence-corrected chi connectivity index (χ4v) is 6.57. The van der Waals surface area contributed by atoms with Crippen LogP contribution >= 0.6 is 0 Å². The van der Waals surface area contributed by atoms with Crippen molar-refractivity contribution >= 4 is 0 Å². The van der Waals surface area contributed by atoms with Gasteiger partial charge in [0.2, 0.25) is 0 Å². The molecule has 0 spiro atoms. The van der Waals surface area contributed by atoms with Crippen LogP contribution < -0.4 is 0 Å². The highest BCUT2D eigenvalue weighted by Gasteiger charge is 2.55. The summed E-state index contributed by atoms with van der Waals surface area (Å²) in [7, 11) is 1.68. The van der Waals surface area contributed by atoms with Gasteiger partial charge in [-0.25, -0.2) is 0 Å². The first-order valence-corrected chi connectivity index (χ1v) is 13.6. The third-order valence-electron chi connectivity index (χ3n) is 9.70. The van der Waals surface area contributed by atoms with Crippen molar-refractivity contribution in [2.24, 2.45) is 28.6 Å². The van der Waals surface area contributed by atoms with Crippen molar-refractivity contribution in [3.63, 3.8) is 0 Å². The van der Waals surface area contributed by atoms with Gasteiger partial charge in [-0.2, -0.15) is 0 Å². The van der Waals surface area contributed by atoms with Crippen LogP contribution in [0.2, 0.25) is 0 Å². The standard InChI is InChI=1S/C31H52O4/c1-22(13-16-27-23(2)14-15-24(3)29(27,5)6)11-9-18-31(21-33)28(12-10-20-32)26(25(4)35-8)17-19-30(31,7)34/h11,13-14,16,24,27-28,32-34H,9-10,12,15,17-21H2,1-8H3/t24-,27+,28+,30-,31+/m0/s1. The van der Waals surface area contributed by atoms with E-state index in [9.17, 15) is 15.3 Å². The van der Waals surface area contributed by atoms with Crippen molar-refractivity contribution < 1.29 is 20.1 Å². The maximum Gasteiger partial charge on any atom is 0.0919 e. The molecule has 0 saturated heterocycles. The van der Waals surface area contributed by atoms with E-state index in [1.54, 1.807) is 7.11 Å². The molecule has 35 heavy (non-hydrogen) atoms. The molecule has 5 atom stereocenters. The average molecular weight is 489 g/mol. The zero-order valence-electron chi connectivity index (χ0n) is 23.7. The van der Waals surface area contributed by atoms with E-state index in [4.69, 9.17) is 4.74 Å². The Hall–Kier alpha value is -1.36. The Labute approximate surface area is 214 Å². The smallest absolute Gasteiger partial charge is 0.0919 e. The molecule has 1 saturated carbocycles. The minimum Gasteiger partial charge on any atom is -0.501 e. The van der Waals surface area contributed by atoms with Gasteiger partial charge in [0.25, 0.3) is 0 Å². The first kappa shape index (κ1) is 29.9. The van der Waals surface area contributed by atoms with Gasteiger partial charge in [-0.05, 0) is 95.5 Å². The number of allylic oxidation sites excluding steroid dienone is 8. The zero-order valence-corrected chi connectivity index (χ0v) is 23.7. The van der Waals surface area contributed by atoms with E-state index in [0.29, 0.717) is 31.1 Å². The van der Waals surface area contributed by atoms with Gasteiger partial charge in [0.15, 0.2) is 0 Å². The maximum atomic E-state index is 11.6. The van der Waals surface area contributed by atoms with Crippen LogP contribution in [-0.2, 0) is 4.74 Å². The molecule has 0 aliphatic heterocycles. The van der Waals surface area contributed by atoms with Crippen molar-refractivity contribution in [2.75, 3.05) is 20.3 Å². The molecule has 4 heteroatoms. The van der Waals surface area contributed by atoms with Crippen molar-refractivity contribution in [1.82, 2.24) is 0 Å². The molecule has 0 heterocycles. The van der Waals surface area contributed by atoms with Gasteiger partial charge >= 0.3 is 0 Å². The quantitative estimate of drug-likeness (QED) is 0.181. The van der Waals surface area contributed by atoms with Crippen LogP contribution in [0.5, 0.6) is 0 Å². The molecule has 1 fully saturated rings. The van der Waals surface area contributed by atoms with Crippen molar-refractivity contribution in [3.05, 3.63) is 46.8 Å². The summed E-state index contributed by atoms with van der Waals surface area (Å²) in [4.78, 5) is 0. The summed E-state index contributed by atoms with van der Waals surface area (Å²) in [6.45, 7) is 15.4. The third-order valence-corrected chi connectivity index (χ3v) is 9.70. The van der Waals surface area contributed by atoms with Crippen LogP contribution in [0, 0.1) is 28.6 Å². The van der Waals surface area contributed by atoms with Gasteiger partial charge in [0.05, 0.1) is 25.1 Å². The van der Waals surface area contributed by atoms with Crippen molar-refractivity contribution in [3.8, 4) is 0 Å². The number of methoxy groups -OCH3 is 1. The molecule has 4 nitrogen and oxygen atoms in total.